The van der Waals surface area contributed by atoms with Crippen molar-refractivity contribution in [2.45, 2.75) is 46.1 Å². The van der Waals surface area contributed by atoms with E-state index in [0.29, 0.717) is 6.61 Å². The minimum absolute atomic E-state index is 0.187. The predicted molar refractivity (Wildman–Crippen MR) is 80.6 cm³/mol. The summed E-state index contributed by atoms with van der Waals surface area (Å²) < 4.78 is 5.30. The van der Waals surface area contributed by atoms with Crippen LogP contribution < -0.4 is 5.32 Å². The summed E-state index contributed by atoms with van der Waals surface area (Å²) in [5.41, 5.74) is 2.60. The first-order valence-corrected chi connectivity index (χ1v) is 7.47. The largest absolute Gasteiger partial charge is 0.464 e. The first kappa shape index (κ1) is 15.0. The Kier molecular flexibility index (Phi) is 4.48. The fourth-order valence-electron chi connectivity index (χ4n) is 2.60. The fraction of sp³-hybridized carbons (Fsp3) is 0.588. The molecule has 1 unspecified atom stereocenters. The van der Waals surface area contributed by atoms with Gasteiger partial charge in [-0.05, 0) is 64.1 Å². The van der Waals surface area contributed by atoms with Crippen molar-refractivity contribution in [1.82, 2.24) is 5.32 Å². The molecule has 2 rings (SSSR count). The number of carbonyl (C=O) groups excluding carboxylic acids is 1. The molecule has 0 amide bonds. The summed E-state index contributed by atoms with van der Waals surface area (Å²) in [6.45, 7) is 9.19. The number of hydrogen-bond acceptors (Lipinski definition) is 3. The standard InChI is InChI=1S/C17H25NO2/c1-5-20-16(19)17(4,18-11-14-7-8-14)15-9-6-12(2)10-13(15)3/h6,9-10,14,18H,5,7-8,11H2,1-4H3. The van der Waals surface area contributed by atoms with E-state index in [2.05, 4.69) is 31.3 Å². The van der Waals surface area contributed by atoms with E-state index in [1.165, 1.54) is 18.4 Å². The van der Waals surface area contributed by atoms with Gasteiger partial charge in [0, 0.05) is 0 Å². The van der Waals surface area contributed by atoms with Crippen molar-refractivity contribution in [3.05, 3.63) is 34.9 Å². The first-order chi connectivity index (χ1) is 9.47. The van der Waals surface area contributed by atoms with Crippen molar-refractivity contribution in [3.8, 4) is 0 Å². The number of nitrogens with one attached hydrogen (secondary N) is 1. The van der Waals surface area contributed by atoms with Gasteiger partial charge in [0.25, 0.3) is 0 Å². The summed E-state index contributed by atoms with van der Waals surface area (Å²) in [5.74, 6) is 0.530. The normalized spacial score (nSPS) is 17.6. The molecule has 1 aromatic rings. The maximum absolute atomic E-state index is 12.5. The van der Waals surface area contributed by atoms with E-state index in [-0.39, 0.29) is 5.97 Å². The zero-order valence-corrected chi connectivity index (χ0v) is 13.0. The van der Waals surface area contributed by atoms with Crippen LogP contribution in [0.1, 0.15) is 43.4 Å². The molecule has 0 spiro atoms. The maximum Gasteiger partial charge on any atom is 0.330 e. The number of rotatable bonds is 6. The molecule has 3 heteroatoms. The lowest BCUT2D eigenvalue weighted by atomic mass is 9.87. The third kappa shape index (κ3) is 3.21. The minimum Gasteiger partial charge on any atom is -0.464 e. The van der Waals surface area contributed by atoms with Crippen molar-refractivity contribution in [3.63, 3.8) is 0 Å². The third-order valence-corrected chi connectivity index (χ3v) is 4.05. The van der Waals surface area contributed by atoms with Crippen LogP contribution in [-0.4, -0.2) is 19.1 Å². The molecule has 0 bridgehead atoms. The summed E-state index contributed by atoms with van der Waals surface area (Å²) in [4.78, 5) is 12.5. The summed E-state index contributed by atoms with van der Waals surface area (Å²) in [5, 5.41) is 3.44. The highest BCUT2D eigenvalue weighted by Gasteiger charge is 2.39. The van der Waals surface area contributed by atoms with Gasteiger partial charge in [-0.1, -0.05) is 23.8 Å². The van der Waals surface area contributed by atoms with Gasteiger partial charge in [0.1, 0.15) is 5.54 Å². The molecule has 1 saturated carbocycles. The van der Waals surface area contributed by atoms with Gasteiger partial charge < -0.3 is 4.74 Å². The van der Waals surface area contributed by atoms with Crippen molar-refractivity contribution in [2.75, 3.05) is 13.2 Å². The summed E-state index contributed by atoms with van der Waals surface area (Å²) in [6.07, 6.45) is 2.53. The van der Waals surface area contributed by atoms with Gasteiger partial charge >= 0.3 is 5.97 Å². The number of benzene rings is 1. The maximum atomic E-state index is 12.5. The second kappa shape index (κ2) is 5.96. The van der Waals surface area contributed by atoms with Crippen LogP contribution in [0.15, 0.2) is 18.2 Å². The van der Waals surface area contributed by atoms with Crippen molar-refractivity contribution >= 4 is 5.97 Å². The van der Waals surface area contributed by atoms with E-state index in [1.807, 2.05) is 19.9 Å². The highest BCUT2D eigenvalue weighted by Crippen LogP contribution is 2.31. The number of aryl methyl sites for hydroxylation is 2. The van der Waals surface area contributed by atoms with Crippen molar-refractivity contribution < 1.29 is 9.53 Å². The van der Waals surface area contributed by atoms with E-state index in [4.69, 9.17) is 4.74 Å². The molecule has 0 aliphatic heterocycles. The Bertz CT molecular complexity index is 494. The molecule has 20 heavy (non-hydrogen) atoms. The van der Waals surface area contributed by atoms with E-state index >= 15 is 0 Å². The third-order valence-electron chi connectivity index (χ3n) is 4.05. The number of ether oxygens (including phenoxy) is 1. The van der Waals surface area contributed by atoms with Crippen LogP contribution in [0.25, 0.3) is 0 Å². The van der Waals surface area contributed by atoms with Gasteiger partial charge in [0.05, 0.1) is 6.61 Å². The van der Waals surface area contributed by atoms with Gasteiger partial charge in [-0.25, -0.2) is 4.79 Å². The van der Waals surface area contributed by atoms with Gasteiger partial charge in [0.2, 0.25) is 0 Å². The molecule has 1 N–H and O–H groups in total. The van der Waals surface area contributed by atoms with Crippen LogP contribution in [-0.2, 0) is 15.1 Å². The summed E-state index contributed by atoms with van der Waals surface area (Å²) in [6, 6.07) is 6.21. The predicted octanol–water partition coefficient (Wildman–Crippen LogP) is 3.08. The molecule has 1 aliphatic rings. The lowest BCUT2D eigenvalue weighted by molar-refractivity contribution is -0.151. The van der Waals surface area contributed by atoms with Crippen LogP contribution in [0, 0.1) is 19.8 Å². The Labute approximate surface area is 121 Å². The van der Waals surface area contributed by atoms with Crippen LogP contribution in [0.4, 0.5) is 0 Å². The summed E-state index contributed by atoms with van der Waals surface area (Å²) >= 11 is 0. The number of hydrogen-bond donors (Lipinski definition) is 1. The van der Waals surface area contributed by atoms with Crippen molar-refractivity contribution in [2.24, 2.45) is 5.92 Å². The molecule has 3 nitrogen and oxygen atoms in total. The Morgan fingerprint density at radius 3 is 2.65 bits per heavy atom. The van der Waals surface area contributed by atoms with E-state index in [9.17, 15) is 4.79 Å². The monoisotopic (exact) mass is 275 g/mol. The fourth-order valence-corrected chi connectivity index (χ4v) is 2.60. The van der Waals surface area contributed by atoms with Gasteiger partial charge in [-0.15, -0.1) is 0 Å². The molecule has 0 aromatic heterocycles. The number of carbonyl (C=O) groups is 1. The molecule has 1 aliphatic carbocycles. The SMILES string of the molecule is CCOC(=O)C(C)(NCC1CC1)c1ccc(C)cc1C. The van der Waals surface area contributed by atoms with Gasteiger partial charge in [0.15, 0.2) is 0 Å². The number of esters is 1. The quantitative estimate of drug-likeness (QED) is 0.811. The second-order valence-corrected chi connectivity index (χ2v) is 5.99. The van der Waals surface area contributed by atoms with Crippen LogP contribution in [0.5, 0.6) is 0 Å². The topological polar surface area (TPSA) is 38.3 Å². The molecule has 0 saturated heterocycles. The molecule has 0 radical (unpaired) electrons. The lowest BCUT2D eigenvalue weighted by Gasteiger charge is -2.30. The Morgan fingerprint density at radius 1 is 1.40 bits per heavy atom. The zero-order valence-electron chi connectivity index (χ0n) is 13.0. The minimum atomic E-state index is -0.754. The molecular formula is C17H25NO2. The molecule has 110 valence electrons. The molecule has 0 heterocycles. The lowest BCUT2D eigenvalue weighted by Crippen LogP contribution is -2.49. The smallest absolute Gasteiger partial charge is 0.330 e. The van der Waals surface area contributed by atoms with Gasteiger partial charge in [-0.3, -0.25) is 5.32 Å². The average Bonchev–Trinajstić information content (AvgIpc) is 3.20. The van der Waals surface area contributed by atoms with E-state index in [1.54, 1.807) is 0 Å². The van der Waals surface area contributed by atoms with E-state index < -0.39 is 5.54 Å². The average molecular weight is 275 g/mol. The Balaban J connectivity index is 2.29. The highest BCUT2D eigenvalue weighted by molar-refractivity contribution is 5.82. The van der Waals surface area contributed by atoms with E-state index in [0.717, 1.165) is 23.6 Å². The Hall–Kier alpha value is -1.35. The zero-order chi connectivity index (χ0) is 14.8. The molecule has 1 fully saturated rings. The van der Waals surface area contributed by atoms with Crippen molar-refractivity contribution in [1.29, 1.82) is 0 Å². The van der Waals surface area contributed by atoms with Gasteiger partial charge in [-0.2, -0.15) is 0 Å². The first-order valence-electron chi connectivity index (χ1n) is 7.47. The molecular weight excluding hydrogens is 250 g/mol. The second-order valence-electron chi connectivity index (χ2n) is 5.99. The molecule has 1 aromatic carbocycles. The van der Waals surface area contributed by atoms with Crippen LogP contribution >= 0.6 is 0 Å². The highest BCUT2D eigenvalue weighted by atomic mass is 16.5. The summed E-state index contributed by atoms with van der Waals surface area (Å²) in [7, 11) is 0. The van der Waals surface area contributed by atoms with Crippen LogP contribution in [0.2, 0.25) is 0 Å². The molecule has 1 atom stereocenters. The Morgan fingerprint density at radius 2 is 2.10 bits per heavy atom. The van der Waals surface area contributed by atoms with Crippen LogP contribution in [0.3, 0.4) is 0 Å².